The van der Waals surface area contributed by atoms with Crippen molar-refractivity contribution in [3.05, 3.63) is 46.8 Å². The molecule has 1 aromatic heterocycles. The van der Waals surface area contributed by atoms with Crippen molar-refractivity contribution in [3.8, 4) is 5.75 Å². The van der Waals surface area contributed by atoms with Gasteiger partial charge in [0, 0.05) is 6.92 Å². The van der Waals surface area contributed by atoms with Gasteiger partial charge in [-0.2, -0.15) is 0 Å². The van der Waals surface area contributed by atoms with Gasteiger partial charge < -0.3 is 15.4 Å². The van der Waals surface area contributed by atoms with E-state index in [0.29, 0.717) is 16.3 Å². The van der Waals surface area contributed by atoms with Crippen molar-refractivity contribution in [1.29, 1.82) is 0 Å². The topological polar surface area (TPSA) is 114 Å². The molecule has 33 heavy (non-hydrogen) atoms. The van der Waals surface area contributed by atoms with E-state index in [1.54, 1.807) is 30.3 Å². The summed E-state index contributed by atoms with van der Waals surface area (Å²) in [5.74, 6) is -0.363. The Hall–Kier alpha value is -3.11. The maximum atomic E-state index is 13.2. The highest BCUT2D eigenvalue weighted by molar-refractivity contribution is 7.92. The number of rotatable bonds is 6. The normalized spacial score (nSPS) is 11.8. The molecule has 0 aliphatic rings. The second-order valence-electron chi connectivity index (χ2n) is 8.70. The van der Waals surface area contributed by atoms with Gasteiger partial charge in [0.2, 0.25) is 15.9 Å². The number of methoxy groups -OCH3 is 1. The molecule has 0 aliphatic heterocycles. The monoisotopic (exact) mass is 489 g/mol. The molecule has 0 saturated carbocycles. The first-order valence-corrected chi connectivity index (χ1v) is 12.8. The Morgan fingerprint density at radius 1 is 1.00 bits per heavy atom. The van der Waals surface area contributed by atoms with E-state index >= 15 is 0 Å². The van der Waals surface area contributed by atoms with Crippen molar-refractivity contribution in [3.63, 3.8) is 0 Å². The molecule has 0 aliphatic carbocycles. The number of carbonyl (C=O) groups is 2. The first kappa shape index (κ1) is 24.5. The largest absolute Gasteiger partial charge is 0.492 e. The molecule has 2 aromatic carbocycles. The number of hydrogen-bond donors (Lipinski definition) is 3. The Balaban J connectivity index is 2.05. The summed E-state index contributed by atoms with van der Waals surface area (Å²) in [4.78, 5) is 25.1. The van der Waals surface area contributed by atoms with E-state index < -0.39 is 10.0 Å². The van der Waals surface area contributed by atoms with Crippen LogP contribution in [-0.2, 0) is 20.2 Å². The van der Waals surface area contributed by atoms with Gasteiger partial charge in [-0.15, -0.1) is 11.3 Å². The van der Waals surface area contributed by atoms with Crippen LogP contribution in [0.5, 0.6) is 5.75 Å². The molecular weight excluding hydrogens is 462 g/mol. The number of fused-ring (bicyclic) bond motifs is 1. The summed E-state index contributed by atoms with van der Waals surface area (Å²) >= 11 is 1.25. The molecule has 0 fully saturated rings. The van der Waals surface area contributed by atoms with Gasteiger partial charge in [0.05, 0.1) is 40.0 Å². The number of sulfonamides is 1. The Labute approximate surface area is 197 Å². The Morgan fingerprint density at radius 3 is 2.24 bits per heavy atom. The lowest BCUT2D eigenvalue weighted by Crippen LogP contribution is -2.18. The zero-order valence-electron chi connectivity index (χ0n) is 19.3. The van der Waals surface area contributed by atoms with E-state index in [0.717, 1.165) is 21.9 Å². The van der Waals surface area contributed by atoms with Crippen LogP contribution in [0, 0.1) is 0 Å². The third-order valence-corrected chi connectivity index (χ3v) is 6.55. The van der Waals surface area contributed by atoms with Crippen LogP contribution in [0.3, 0.4) is 0 Å². The van der Waals surface area contributed by atoms with Gasteiger partial charge >= 0.3 is 0 Å². The van der Waals surface area contributed by atoms with Gasteiger partial charge in [0.25, 0.3) is 5.91 Å². The van der Waals surface area contributed by atoms with Gasteiger partial charge in [0.1, 0.15) is 0 Å². The zero-order chi connectivity index (χ0) is 24.6. The lowest BCUT2D eigenvalue weighted by molar-refractivity contribution is -0.114. The van der Waals surface area contributed by atoms with Crippen molar-refractivity contribution in [1.82, 2.24) is 0 Å². The minimum Gasteiger partial charge on any atom is -0.492 e. The molecule has 0 unspecified atom stereocenters. The molecule has 8 nitrogen and oxygen atoms in total. The van der Waals surface area contributed by atoms with Crippen LogP contribution in [0.25, 0.3) is 10.1 Å². The molecule has 0 radical (unpaired) electrons. The minimum atomic E-state index is -3.58. The van der Waals surface area contributed by atoms with Crippen molar-refractivity contribution in [2.45, 2.75) is 33.1 Å². The van der Waals surface area contributed by atoms with E-state index in [4.69, 9.17) is 4.74 Å². The predicted molar refractivity (Wildman–Crippen MR) is 134 cm³/mol. The molecular formula is C23H27N3O5S2. The molecule has 1 heterocycles. The van der Waals surface area contributed by atoms with Crippen LogP contribution in [0.15, 0.2) is 36.4 Å². The third kappa shape index (κ3) is 5.82. The molecule has 0 bridgehead atoms. The fourth-order valence-electron chi connectivity index (χ4n) is 3.30. The SMILES string of the molecule is COc1c(NC(=O)c2cc3cccc(NC(C)=O)c3s2)cc(C(C)(C)C)cc1NS(C)(=O)=O. The molecule has 0 atom stereocenters. The van der Waals surface area contributed by atoms with Crippen molar-refractivity contribution in [2.75, 3.05) is 28.7 Å². The second-order valence-corrected chi connectivity index (χ2v) is 11.5. The maximum absolute atomic E-state index is 13.2. The number of benzene rings is 2. The predicted octanol–water partition coefficient (Wildman–Crippen LogP) is 4.79. The molecule has 176 valence electrons. The van der Waals surface area contributed by atoms with Crippen LogP contribution < -0.4 is 20.1 Å². The highest BCUT2D eigenvalue weighted by Gasteiger charge is 2.23. The number of carbonyl (C=O) groups excluding carboxylic acids is 2. The number of nitrogens with one attached hydrogen (secondary N) is 3. The van der Waals surface area contributed by atoms with Gasteiger partial charge in [-0.1, -0.05) is 32.9 Å². The third-order valence-electron chi connectivity index (χ3n) is 4.78. The van der Waals surface area contributed by atoms with Crippen molar-refractivity contribution < 1.29 is 22.7 Å². The standard InChI is InChI=1S/C23H27N3O5S2/c1-13(27)24-16-9-7-8-14-10-19(32-21(14)16)22(28)25-17-11-15(23(2,3)4)12-18(20(17)31-5)26-33(6,29)30/h7-12,26H,1-6H3,(H,24,27)(H,25,28). The van der Waals surface area contributed by atoms with E-state index in [2.05, 4.69) is 15.4 Å². The van der Waals surface area contributed by atoms with E-state index in [1.165, 1.54) is 25.4 Å². The molecule has 2 amide bonds. The number of thiophene rings is 1. The first-order valence-electron chi connectivity index (χ1n) is 10.1. The number of ether oxygens (including phenoxy) is 1. The van der Waals surface area contributed by atoms with Crippen LogP contribution in [0.4, 0.5) is 17.1 Å². The Bertz CT molecular complexity index is 1340. The van der Waals surface area contributed by atoms with E-state index in [1.807, 2.05) is 26.8 Å². The van der Waals surface area contributed by atoms with Gasteiger partial charge in [0.15, 0.2) is 5.75 Å². The number of hydrogen-bond acceptors (Lipinski definition) is 6. The summed E-state index contributed by atoms with van der Waals surface area (Å²) in [7, 11) is -2.17. The smallest absolute Gasteiger partial charge is 0.265 e. The Kier molecular flexibility index (Phi) is 6.71. The average molecular weight is 490 g/mol. The average Bonchev–Trinajstić information content (AvgIpc) is 3.11. The molecule has 0 saturated heterocycles. The van der Waals surface area contributed by atoms with E-state index in [-0.39, 0.29) is 28.7 Å². The van der Waals surface area contributed by atoms with Gasteiger partial charge in [-0.3, -0.25) is 14.3 Å². The number of anilines is 3. The fourth-order valence-corrected chi connectivity index (χ4v) is 4.87. The number of amides is 2. The Morgan fingerprint density at radius 2 is 1.67 bits per heavy atom. The first-order chi connectivity index (χ1) is 15.3. The van der Waals surface area contributed by atoms with Gasteiger partial charge in [-0.25, -0.2) is 8.42 Å². The minimum absolute atomic E-state index is 0.198. The zero-order valence-corrected chi connectivity index (χ0v) is 21.0. The van der Waals surface area contributed by atoms with Gasteiger partial charge in [-0.05, 0) is 40.6 Å². The summed E-state index contributed by atoms with van der Waals surface area (Å²) in [6, 6.07) is 10.7. The van der Waals surface area contributed by atoms with E-state index in [9.17, 15) is 18.0 Å². The second kappa shape index (κ2) is 9.03. The molecule has 10 heteroatoms. The summed E-state index contributed by atoms with van der Waals surface area (Å²) in [6.45, 7) is 7.39. The molecule has 3 aromatic rings. The highest BCUT2D eigenvalue weighted by Crippen LogP contribution is 2.40. The van der Waals surface area contributed by atoms with Crippen molar-refractivity contribution >= 4 is 60.3 Å². The lowest BCUT2D eigenvalue weighted by Gasteiger charge is -2.23. The molecule has 3 rings (SSSR count). The fraction of sp³-hybridized carbons (Fsp3) is 0.304. The quantitative estimate of drug-likeness (QED) is 0.461. The van der Waals surface area contributed by atoms with Crippen LogP contribution in [-0.4, -0.2) is 33.6 Å². The van der Waals surface area contributed by atoms with Crippen LogP contribution in [0.1, 0.15) is 42.9 Å². The van der Waals surface area contributed by atoms with Crippen molar-refractivity contribution in [2.24, 2.45) is 0 Å². The summed E-state index contributed by atoms with van der Waals surface area (Å²) in [5, 5.41) is 6.46. The van der Waals surface area contributed by atoms with Crippen LogP contribution >= 0.6 is 11.3 Å². The summed E-state index contributed by atoms with van der Waals surface area (Å²) in [5.41, 5.74) is 1.72. The molecule has 3 N–H and O–H groups in total. The van der Waals surface area contributed by atoms with Crippen LogP contribution in [0.2, 0.25) is 0 Å². The summed E-state index contributed by atoms with van der Waals surface area (Å²) < 4.78 is 32.5. The highest BCUT2D eigenvalue weighted by atomic mass is 32.2. The maximum Gasteiger partial charge on any atom is 0.265 e. The molecule has 0 spiro atoms. The summed E-state index contributed by atoms with van der Waals surface area (Å²) in [6.07, 6.45) is 1.05. The lowest BCUT2D eigenvalue weighted by atomic mass is 9.86.